The van der Waals surface area contributed by atoms with Crippen molar-refractivity contribution in [3.8, 4) is 5.75 Å². The smallest absolute Gasteiger partial charge is 0.234 e. The van der Waals surface area contributed by atoms with E-state index in [0.29, 0.717) is 16.0 Å². The molecule has 0 radical (unpaired) electrons. The zero-order valence-corrected chi connectivity index (χ0v) is 19.3. The van der Waals surface area contributed by atoms with Crippen LogP contribution in [0.4, 0.5) is 5.69 Å². The number of aromatic nitrogens is 3. The van der Waals surface area contributed by atoms with Crippen LogP contribution in [0, 0.1) is 20.8 Å². The molecule has 6 nitrogen and oxygen atoms in total. The third-order valence-electron chi connectivity index (χ3n) is 4.66. The van der Waals surface area contributed by atoms with E-state index in [2.05, 4.69) is 15.5 Å². The number of nitrogens with zero attached hydrogens (tertiary/aromatic N) is 3. The van der Waals surface area contributed by atoms with E-state index >= 15 is 0 Å². The summed E-state index contributed by atoms with van der Waals surface area (Å²) in [4.78, 5) is 12.4. The van der Waals surface area contributed by atoms with Gasteiger partial charge in [-0.05, 0) is 63.1 Å². The fourth-order valence-corrected chi connectivity index (χ4v) is 3.86. The van der Waals surface area contributed by atoms with Gasteiger partial charge in [-0.2, -0.15) is 0 Å². The number of hydrogen-bond acceptors (Lipinski definition) is 5. The molecule has 1 unspecified atom stereocenters. The third kappa shape index (κ3) is 5.34. The first-order valence-electron chi connectivity index (χ1n) is 9.56. The van der Waals surface area contributed by atoms with Gasteiger partial charge in [-0.15, -0.1) is 10.2 Å². The summed E-state index contributed by atoms with van der Waals surface area (Å²) in [6, 6.07) is 11.5. The Labute approximate surface area is 186 Å². The highest BCUT2D eigenvalue weighted by molar-refractivity contribution is 7.99. The standard InChI is InChI=1S/C22H25ClN4O2S/c1-13-6-9-19(15(3)10-13)24-20(28)12-30-22-26-25-21(27(22)5)16(4)29-17-7-8-18(23)14(2)11-17/h6-11,16H,12H2,1-5H3,(H,24,28). The fourth-order valence-electron chi connectivity index (χ4n) is 3.02. The first-order valence-corrected chi connectivity index (χ1v) is 10.9. The number of ether oxygens (including phenoxy) is 1. The summed E-state index contributed by atoms with van der Waals surface area (Å²) in [5.41, 5.74) is 3.98. The average Bonchev–Trinajstić information content (AvgIpc) is 3.06. The lowest BCUT2D eigenvalue weighted by molar-refractivity contribution is -0.113. The molecular formula is C22H25ClN4O2S. The van der Waals surface area contributed by atoms with Crippen LogP contribution in [0.25, 0.3) is 0 Å². The Bertz CT molecular complexity index is 1070. The van der Waals surface area contributed by atoms with Crippen LogP contribution in [0.3, 0.4) is 0 Å². The van der Waals surface area contributed by atoms with Gasteiger partial charge >= 0.3 is 0 Å². The van der Waals surface area contributed by atoms with Gasteiger partial charge in [0.05, 0.1) is 5.75 Å². The van der Waals surface area contributed by atoms with Gasteiger partial charge in [0.2, 0.25) is 5.91 Å². The highest BCUT2D eigenvalue weighted by atomic mass is 35.5. The summed E-state index contributed by atoms with van der Waals surface area (Å²) in [7, 11) is 1.87. The van der Waals surface area contributed by atoms with E-state index in [1.807, 2.05) is 75.7 Å². The topological polar surface area (TPSA) is 69.0 Å². The highest BCUT2D eigenvalue weighted by Gasteiger charge is 2.18. The van der Waals surface area contributed by atoms with Gasteiger partial charge < -0.3 is 14.6 Å². The Kier molecular flexibility index (Phi) is 7.05. The normalized spacial score (nSPS) is 11.9. The number of anilines is 1. The summed E-state index contributed by atoms with van der Waals surface area (Å²) in [6.07, 6.45) is -0.304. The monoisotopic (exact) mass is 444 g/mol. The summed E-state index contributed by atoms with van der Waals surface area (Å²) >= 11 is 7.41. The number of amides is 1. The van der Waals surface area contributed by atoms with Gasteiger partial charge in [0.15, 0.2) is 17.1 Å². The molecule has 0 saturated carbocycles. The molecule has 158 valence electrons. The number of nitrogens with one attached hydrogen (secondary N) is 1. The summed E-state index contributed by atoms with van der Waals surface area (Å²) in [5.74, 6) is 1.55. The van der Waals surface area contributed by atoms with Crippen molar-refractivity contribution in [2.24, 2.45) is 7.05 Å². The second-order valence-corrected chi connectivity index (χ2v) is 8.58. The Morgan fingerprint density at radius 3 is 2.63 bits per heavy atom. The number of thioether (sulfide) groups is 1. The number of aryl methyl sites for hydroxylation is 3. The lowest BCUT2D eigenvalue weighted by Gasteiger charge is -2.15. The van der Waals surface area contributed by atoms with Crippen LogP contribution in [0.15, 0.2) is 41.6 Å². The number of rotatable bonds is 7. The van der Waals surface area contributed by atoms with Crippen molar-refractivity contribution in [2.75, 3.05) is 11.1 Å². The van der Waals surface area contributed by atoms with Crippen molar-refractivity contribution in [3.05, 3.63) is 63.9 Å². The van der Waals surface area contributed by atoms with Gasteiger partial charge in [0.1, 0.15) is 5.75 Å². The number of halogens is 1. The summed E-state index contributed by atoms with van der Waals surface area (Å²) in [6.45, 7) is 7.85. The first kappa shape index (κ1) is 22.2. The minimum absolute atomic E-state index is 0.0857. The van der Waals surface area contributed by atoms with Crippen LogP contribution in [0.2, 0.25) is 5.02 Å². The highest BCUT2D eigenvalue weighted by Crippen LogP contribution is 2.27. The van der Waals surface area contributed by atoms with E-state index in [4.69, 9.17) is 16.3 Å². The minimum Gasteiger partial charge on any atom is -0.483 e. The number of carbonyl (C=O) groups excluding carboxylic acids is 1. The van der Waals surface area contributed by atoms with E-state index < -0.39 is 0 Å². The molecule has 30 heavy (non-hydrogen) atoms. The lowest BCUT2D eigenvalue weighted by atomic mass is 10.1. The van der Waals surface area contributed by atoms with E-state index in [-0.39, 0.29) is 17.8 Å². The fraction of sp³-hybridized carbons (Fsp3) is 0.318. The zero-order valence-electron chi connectivity index (χ0n) is 17.7. The molecule has 8 heteroatoms. The van der Waals surface area contributed by atoms with Gasteiger partial charge in [-0.3, -0.25) is 4.79 Å². The number of carbonyl (C=O) groups is 1. The number of benzene rings is 2. The van der Waals surface area contributed by atoms with Crippen molar-refractivity contribution in [1.82, 2.24) is 14.8 Å². The van der Waals surface area contributed by atoms with E-state index in [1.54, 1.807) is 0 Å². The van der Waals surface area contributed by atoms with Crippen molar-refractivity contribution in [1.29, 1.82) is 0 Å². The molecule has 3 rings (SSSR count). The van der Waals surface area contributed by atoms with Crippen molar-refractivity contribution >= 4 is 35.0 Å². The Balaban J connectivity index is 1.60. The summed E-state index contributed by atoms with van der Waals surface area (Å²) in [5, 5.41) is 12.8. The molecule has 3 aromatic rings. The molecule has 0 saturated heterocycles. The Morgan fingerprint density at radius 2 is 1.93 bits per heavy atom. The SMILES string of the molecule is Cc1ccc(NC(=O)CSc2nnc(C(C)Oc3ccc(Cl)c(C)c3)n2C)c(C)c1. The lowest BCUT2D eigenvalue weighted by Crippen LogP contribution is -2.15. The third-order valence-corrected chi connectivity index (χ3v) is 6.11. The maximum atomic E-state index is 12.4. The molecule has 0 aliphatic carbocycles. The van der Waals surface area contributed by atoms with Crippen molar-refractivity contribution < 1.29 is 9.53 Å². The molecular weight excluding hydrogens is 420 g/mol. The van der Waals surface area contributed by atoms with Gasteiger partial charge in [0.25, 0.3) is 0 Å². The Hall–Kier alpha value is -2.51. The van der Waals surface area contributed by atoms with Crippen molar-refractivity contribution in [2.45, 2.75) is 39.0 Å². The second-order valence-electron chi connectivity index (χ2n) is 7.23. The van der Waals surface area contributed by atoms with E-state index in [9.17, 15) is 4.79 Å². The van der Waals surface area contributed by atoms with Crippen molar-refractivity contribution in [3.63, 3.8) is 0 Å². The first-order chi connectivity index (χ1) is 14.2. The zero-order chi connectivity index (χ0) is 21.8. The molecule has 1 N–H and O–H groups in total. The molecule has 1 heterocycles. The van der Waals surface area contributed by atoms with E-state index in [1.165, 1.54) is 11.8 Å². The van der Waals surface area contributed by atoms with Crippen LogP contribution in [0.5, 0.6) is 5.75 Å². The van der Waals surface area contributed by atoms with Crippen LogP contribution >= 0.6 is 23.4 Å². The molecule has 0 spiro atoms. The predicted octanol–water partition coefficient (Wildman–Crippen LogP) is 5.26. The largest absolute Gasteiger partial charge is 0.483 e. The molecule has 1 atom stereocenters. The Morgan fingerprint density at radius 1 is 1.17 bits per heavy atom. The van der Waals surface area contributed by atoms with Gasteiger partial charge in [-0.1, -0.05) is 41.1 Å². The molecule has 2 aromatic carbocycles. The molecule has 0 aliphatic heterocycles. The summed E-state index contributed by atoms with van der Waals surface area (Å²) < 4.78 is 7.84. The number of hydrogen-bond donors (Lipinski definition) is 1. The average molecular weight is 445 g/mol. The van der Waals surface area contributed by atoms with Crippen LogP contribution in [-0.2, 0) is 11.8 Å². The van der Waals surface area contributed by atoms with Gasteiger partial charge in [-0.25, -0.2) is 0 Å². The van der Waals surface area contributed by atoms with Crippen LogP contribution < -0.4 is 10.1 Å². The van der Waals surface area contributed by atoms with E-state index in [0.717, 1.165) is 28.1 Å². The second kappa shape index (κ2) is 9.53. The van der Waals surface area contributed by atoms with Gasteiger partial charge in [0, 0.05) is 17.8 Å². The maximum absolute atomic E-state index is 12.4. The molecule has 0 aliphatic rings. The molecule has 1 aromatic heterocycles. The van der Waals surface area contributed by atoms with Crippen LogP contribution in [-0.4, -0.2) is 26.4 Å². The predicted molar refractivity (Wildman–Crippen MR) is 122 cm³/mol. The quantitative estimate of drug-likeness (QED) is 0.503. The molecule has 1 amide bonds. The maximum Gasteiger partial charge on any atom is 0.234 e. The van der Waals surface area contributed by atoms with Crippen LogP contribution in [0.1, 0.15) is 35.5 Å². The molecule has 0 fully saturated rings. The molecule has 0 bridgehead atoms. The minimum atomic E-state index is -0.304.